The van der Waals surface area contributed by atoms with E-state index in [4.69, 9.17) is 0 Å². The summed E-state index contributed by atoms with van der Waals surface area (Å²) < 4.78 is 30.2. The topological polar surface area (TPSA) is 113 Å². The van der Waals surface area contributed by atoms with Gasteiger partial charge in [-0.3, -0.25) is 4.79 Å². The summed E-state index contributed by atoms with van der Waals surface area (Å²) in [5, 5.41) is 18.4. The zero-order valence-electron chi connectivity index (χ0n) is 16.4. The zero-order valence-corrected chi connectivity index (χ0v) is 17.2. The lowest BCUT2D eigenvalue weighted by Crippen LogP contribution is -2.31. The number of hydrogen-bond acceptors (Lipinski definition) is 6. The molecule has 2 N–H and O–H groups in total. The molecule has 0 atom stereocenters. The minimum absolute atomic E-state index is 0.00399. The van der Waals surface area contributed by atoms with E-state index in [2.05, 4.69) is 14.8 Å². The summed E-state index contributed by atoms with van der Waals surface area (Å²) in [5.41, 5.74) is -0.242. The van der Waals surface area contributed by atoms with Gasteiger partial charge in [0.1, 0.15) is 16.2 Å². The van der Waals surface area contributed by atoms with E-state index in [9.17, 15) is 18.3 Å². The van der Waals surface area contributed by atoms with Gasteiger partial charge in [0.15, 0.2) is 5.84 Å². The van der Waals surface area contributed by atoms with Gasteiger partial charge in [-0.05, 0) is 36.6 Å². The van der Waals surface area contributed by atoms with Gasteiger partial charge in [-0.1, -0.05) is 38.1 Å². The smallest absolute Gasteiger partial charge is 0.286 e. The minimum atomic E-state index is -4.04. The molecule has 2 heterocycles. The predicted molar refractivity (Wildman–Crippen MR) is 117 cm³/mol. The lowest BCUT2D eigenvalue weighted by atomic mass is 10.1. The Kier molecular flexibility index (Phi) is 4.90. The van der Waals surface area contributed by atoms with Crippen LogP contribution in [0.4, 0.5) is 5.69 Å². The molecule has 8 nitrogen and oxygen atoms in total. The molecule has 154 valence electrons. The van der Waals surface area contributed by atoms with E-state index in [0.29, 0.717) is 23.2 Å². The SMILES string of the molecule is CC(C)C/C=N/n1c(=O)c(C2=NS(=O)(=O)c3ccccc3N2)c(O)c2ccccc21. The number of aromatic nitrogens is 1. The number of hydrogen-bond donors (Lipinski definition) is 2. The highest BCUT2D eigenvalue weighted by molar-refractivity contribution is 7.90. The van der Waals surface area contributed by atoms with E-state index in [-0.39, 0.29) is 27.7 Å². The molecule has 4 rings (SSSR count). The van der Waals surface area contributed by atoms with E-state index >= 15 is 0 Å². The highest BCUT2D eigenvalue weighted by Crippen LogP contribution is 2.32. The molecule has 0 radical (unpaired) electrons. The standard InChI is InChI=1S/C21H20N4O4S/c1-13(2)11-12-22-25-16-9-5-3-7-14(16)19(26)18(21(25)27)20-23-15-8-4-6-10-17(15)30(28,29)24-20/h3-10,12-13,26H,11H2,1-2H3,(H,23,24)/b22-12+. The Hall–Kier alpha value is -3.46. The first-order chi connectivity index (χ1) is 14.3. The fourth-order valence-corrected chi connectivity index (χ4v) is 4.32. The number of para-hydroxylation sites is 2. The summed E-state index contributed by atoms with van der Waals surface area (Å²) in [5.74, 6) is -0.250. The van der Waals surface area contributed by atoms with Crippen LogP contribution in [0.5, 0.6) is 5.75 Å². The summed E-state index contributed by atoms with van der Waals surface area (Å²) >= 11 is 0. The average Bonchev–Trinajstić information content (AvgIpc) is 2.70. The molecular formula is C21H20N4O4S. The van der Waals surface area contributed by atoms with E-state index in [1.807, 2.05) is 13.8 Å². The Bertz CT molecular complexity index is 1370. The van der Waals surface area contributed by atoms with Crippen molar-refractivity contribution in [2.45, 2.75) is 25.2 Å². The fourth-order valence-electron chi connectivity index (χ4n) is 3.20. The molecule has 0 fully saturated rings. The second-order valence-corrected chi connectivity index (χ2v) is 8.89. The molecule has 0 saturated heterocycles. The summed E-state index contributed by atoms with van der Waals surface area (Å²) in [6, 6.07) is 13.0. The number of benzene rings is 2. The first-order valence-corrected chi connectivity index (χ1v) is 10.8. The van der Waals surface area contributed by atoms with Crippen molar-refractivity contribution >= 4 is 38.7 Å². The van der Waals surface area contributed by atoms with E-state index < -0.39 is 15.6 Å². The summed E-state index contributed by atoms with van der Waals surface area (Å²) in [6.45, 7) is 4.05. The van der Waals surface area contributed by atoms with Gasteiger partial charge in [-0.15, -0.1) is 4.40 Å². The van der Waals surface area contributed by atoms with Gasteiger partial charge in [0.2, 0.25) is 0 Å². The predicted octanol–water partition coefficient (Wildman–Crippen LogP) is 3.15. The largest absolute Gasteiger partial charge is 0.506 e. The number of nitrogens with one attached hydrogen (secondary N) is 1. The van der Waals surface area contributed by atoms with Crippen LogP contribution >= 0.6 is 0 Å². The molecule has 30 heavy (non-hydrogen) atoms. The van der Waals surface area contributed by atoms with Crippen molar-refractivity contribution in [2.75, 3.05) is 5.32 Å². The van der Waals surface area contributed by atoms with Crippen LogP contribution in [0.15, 0.2) is 67.7 Å². The van der Waals surface area contributed by atoms with Gasteiger partial charge in [0.25, 0.3) is 15.6 Å². The number of sulfonamides is 1. The summed E-state index contributed by atoms with van der Waals surface area (Å²) in [7, 11) is -4.04. The molecule has 0 bridgehead atoms. The number of aromatic hydroxyl groups is 1. The molecule has 1 aliphatic rings. The number of amidine groups is 1. The minimum Gasteiger partial charge on any atom is -0.506 e. The average molecular weight is 424 g/mol. The van der Waals surface area contributed by atoms with Crippen LogP contribution in [0.3, 0.4) is 0 Å². The number of pyridine rings is 1. The Labute approximate surface area is 173 Å². The summed E-state index contributed by atoms with van der Waals surface area (Å²) in [4.78, 5) is 13.3. The number of rotatable bonds is 4. The van der Waals surface area contributed by atoms with Crippen LogP contribution < -0.4 is 10.9 Å². The van der Waals surface area contributed by atoms with Gasteiger partial charge in [-0.25, -0.2) is 0 Å². The Morgan fingerprint density at radius 3 is 2.63 bits per heavy atom. The Balaban J connectivity index is 1.98. The van der Waals surface area contributed by atoms with E-state index in [1.54, 1.807) is 48.7 Å². The monoisotopic (exact) mass is 424 g/mol. The van der Waals surface area contributed by atoms with Gasteiger partial charge < -0.3 is 10.4 Å². The molecule has 0 spiro atoms. The van der Waals surface area contributed by atoms with Crippen molar-refractivity contribution in [3.63, 3.8) is 0 Å². The third-order valence-corrected chi connectivity index (χ3v) is 6.01. The van der Waals surface area contributed by atoms with Crippen molar-refractivity contribution in [2.24, 2.45) is 15.4 Å². The number of fused-ring (bicyclic) bond motifs is 2. The van der Waals surface area contributed by atoms with Crippen LogP contribution in [-0.2, 0) is 10.0 Å². The van der Waals surface area contributed by atoms with Crippen molar-refractivity contribution in [3.05, 3.63) is 64.4 Å². The molecule has 0 amide bonds. The summed E-state index contributed by atoms with van der Waals surface area (Å²) in [6.07, 6.45) is 2.28. The second kappa shape index (κ2) is 7.42. The molecular weight excluding hydrogens is 404 g/mol. The molecule has 1 aromatic heterocycles. The highest BCUT2D eigenvalue weighted by atomic mass is 32.2. The third kappa shape index (κ3) is 3.37. The third-order valence-electron chi connectivity index (χ3n) is 4.67. The van der Waals surface area contributed by atoms with Crippen LogP contribution in [0.1, 0.15) is 25.8 Å². The first kappa shape index (κ1) is 19.8. The van der Waals surface area contributed by atoms with Crippen molar-refractivity contribution in [1.29, 1.82) is 0 Å². The molecule has 9 heteroatoms. The maximum Gasteiger partial charge on any atom is 0.286 e. The van der Waals surface area contributed by atoms with Gasteiger partial charge in [-0.2, -0.15) is 18.2 Å². The van der Waals surface area contributed by atoms with E-state index in [1.165, 1.54) is 6.07 Å². The lowest BCUT2D eigenvalue weighted by Gasteiger charge is -2.19. The van der Waals surface area contributed by atoms with Crippen LogP contribution in [0.25, 0.3) is 10.9 Å². The van der Waals surface area contributed by atoms with Crippen LogP contribution in [-0.4, -0.2) is 30.3 Å². The molecule has 2 aromatic carbocycles. The Morgan fingerprint density at radius 1 is 1.17 bits per heavy atom. The molecule has 0 unspecified atom stereocenters. The fraction of sp³-hybridized carbons (Fsp3) is 0.190. The van der Waals surface area contributed by atoms with E-state index in [0.717, 1.165) is 4.68 Å². The van der Waals surface area contributed by atoms with Crippen molar-refractivity contribution < 1.29 is 13.5 Å². The van der Waals surface area contributed by atoms with Crippen LogP contribution in [0, 0.1) is 5.92 Å². The maximum absolute atomic E-state index is 13.3. The van der Waals surface area contributed by atoms with Gasteiger partial charge in [0, 0.05) is 11.6 Å². The number of anilines is 1. The Morgan fingerprint density at radius 2 is 1.87 bits per heavy atom. The first-order valence-electron chi connectivity index (χ1n) is 9.40. The van der Waals surface area contributed by atoms with Crippen molar-refractivity contribution in [1.82, 2.24) is 4.68 Å². The number of nitrogens with zero attached hydrogens (tertiary/aromatic N) is 3. The second-order valence-electron chi connectivity index (χ2n) is 7.32. The molecule has 1 aliphatic heterocycles. The normalized spacial score (nSPS) is 15.2. The molecule has 0 aliphatic carbocycles. The van der Waals surface area contributed by atoms with Crippen molar-refractivity contribution in [3.8, 4) is 5.75 Å². The molecule has 0 saturated carbocycles. The maximum atomic E-state index is 13.3. The van der Waals surface area contributed by atoms with Gasteiger partial charge in [0.05, 0.1) is 11.2 Å². The quantitative estimate of drug-likeness (QED) is 0.625. The zero-order chi connectivity index (χ0) is 21.5. The van der Waals surface area contributed by atoms with Gasteiger partial charge >= 0.3 is 0 Å². The highest BCUT2D eigenvalue weighted by Gasteiger charge is 2.29. The lowest BCUT2D eigenvalue weighted by molar-refractivity contribution is 0.478. The van der Waals surface area contributed by atoms with Crippen LogP contribution in [0.2, 0.25) is 0 Å². The molecule has 3 aromatic rings.